The van der Waals surface area contributed by atoms with Gasteiger partial charge in [-0.15, -0.1) is 0 Å². The number of nitrogens with one attached hydrogen (secondary N) is 1. The van der Waals surface area contributed by atoms with Crippen LogP contribution in [0.15, 0.2) is 48.6 Å². The van der Waals surface area contributed by atoms with Crippen LogP contribution < -0.4 is 0 Å². The maximum absolute atomic E-state index is 6.88. The topological polar surface area (TPSA) is 23.9 Å². The van der Waals surface area contributed by atoms with Gasteiger partial charge in [-0.05, 0) is 24.1 Å². The van der Waals surface area contributed by atoms with Crippen LogP contribution in [0.3, 0.4) is 0 Å². The lowest BCUT2D eigenvalue weighted by molar-refractivity contribution is 1.41. The second-order valence-corrected chi connectivity index (χ2v) is 2.26. The molecule has 0 spiro atoms. The van der Waals surface area contributed by atoms with Crippen LogP contribution in [0.4, 0.5) is 0 Å². The minimum absolute atomic E-state index is 0.806. The van der Waals surface area contributed by atoms with Gasteiger partial charge in [-0.25, -0.2) is 0 Å². The van der Waals surface area contributed by atoms with E-state index in [0.29, 0.717) is 0 Å². The zero-order valence-corrected chi connectivity index (χ0v) is 10.9. The Morgan fingerprint density at radius 1 is 1.07 bits per heavy atom. The molecule has 0 aromatic carbocycles. The normalized spacial score (nSPS) is 8.47. The van der Waals surface area contributed by atoms with E-state index in [0.717, 1.165) is 16.7 Å². The van der Waals surface area contributed by atoms with Gasteiger partial charge in [-0.1, -0.05) is 59.1 Å². The maximum atomic E-state index is 6.88. The fraction of sp³-hybridized carbons (Fsp3) is 0.357. The minimum atomic E-state index is 0.806. The zero-order chi connectivity index (χ0) is 12.9. The van der Waals surface area contributed by atoms with E-state index in [4.69, 9.17) is 5.41 Å². The van der Waals surface area contributed by atoms with Crippen molar-refractivity contribution in [2.75, 3.05) is 0 Å². The number of rotatable bonds is 4. The summed E-state index contributed by atoms with van der Waals surface area (Å²) in [5.41, 5.74) is 2.59. The molecule has 0 aliphatic heterocycles. The zero-order valence-electron chi connectivity index (χ0n) is 10.9. The quantitative estimate of drug-likeness (QED) is 0.499. The first-order valence-electron chi connectivity index (χ1n) is 5.31. The third-order valence-electron chi connectivity index (χ3n) is 1.30. The van der Waals surface area contributed by atoms with Gasteiger partial charge in [0.05, 0.1) is 0 Å². The van der Waals surface area contributed by atoms with E-state index < -0.39 is 0 Å². The maximum Gasteiger partial charge on any atom is 0.0184 e. The van der Waals surface area contributed by atoms with Crippen LogP contribution in [-0.4, -0.2) is 6.21 Å². The van der Waals surface area contributed by atoms with Gasteiger partial charge in [0.1, 0.15) is 0 Å². The van der Waals surface area contributed by atoms with Crippen molar-refractivity contribution in [3.05, 3.63) is 48.6 Å². The SMILES string of the molecule is C=CC(=C)/C(=C\C=N)C(=C)C.CC.CC. The summed E-state index contributed by atoms with van der Waals surface area (Å²) in [6, 6.07) is 0. The van der Waals surface area contributed by atoms with Crippen LogP contribution in [0.25, 0.3) is 0 Å². The number of hydrogen-bond donors (Lipinski definition) is 1. The summed E-state index contributed by atoms with van der Waals surface area (Å²) in [6.07, 6.45) is 4.54. The van der Waals surface area contributed by atoms with Crippen molar-refractivity contribution in [2.24, 2.45) is 0 Å². The molecule has 0 saturated heterocycles. The van der Waals surface area contributed by atoms with Crippen LogP contribution in [-0.2, 0) is 0 Å². The van der Waals surface area contributed by atoms with E-state index in [1.807, 2.05) is 34.6 Å². The average Bonchev–Trinajstić information content (AvgIpc) is 2.30. The second kappa shape index (κ2) is 15.1. The molecule has 15 heavy (non-hydrogen) atoms. The van der Waals surface area contributed by atoms with E-state index in [9.17, 15) is 0 Å². The monoisotopic (exact) mass is 207 g/mol. The highest BCUT2D eigenvalue weighted by Crippen LogP contribution is 2.15. The van der Waals surface area contributed by atoms with Crippen molar-refractivity contribution in [3.8, 4) is 0 Å². The van der Waals surface area contributed by atoms with Crippen molar-refractivity contribution in [3.63, 3.8) is 0 Å². The fourth-order valence-electron chi connectivity index (χ4n) is 0.717. The first-order chi connectivity index (χ1) is 7.13. The molecule has 0 rings (SSSR count). The highest BCUT2D eigenvalue weighted by molar-refractivity contribution is 5.73. The largest absolute Gasteiger partial charge is 0.309 e. The summed E-state index contributed by atoms with van der Waals surface area (Å²) >= 11 is 0. The summed E-state index contributed by atoms with van der Waals surface area (Å²) in [5.74, 6) is 0. The van der Waals surface area contributed by atoms with E-state index in [-0.39, 0.29) is 0 Å². The van der Waals surface area contributed by atoms with Crippen LogP contribution in [0, 0.1) is 5.41 Å². The van der Waals surface area contributed by atoms with Gasteiger partial charge in [0.25, 0.3) is 0 Å². The molecule has 0 aromatic rings. The molecule has 0 bridgehead atoms. The Balaban J connectivity index is -0.000000318. The molecule has 0 saturated carbocycles. The standard InChI is InChI=1S/C10H13N.2C2H6/c1-5-9(4)10(6-7-11)8(2)3;2*1-2/h5-7,11H,1-2,4H2,3H3;2*1-2H3/b10-6-,11-7?;;. The highest BCUT2D eigenvalue weighted by atomic mass is 14.3. The Morgan fingerprint density at radius 2 is 1.47 bits per heavy atom. The van der Waals surface area contributed by atoms with Gasteiger partial charge in [0.2, 0.25) is 0 Å². The molecule has 86 valence electrons. The molecule has 0 fully saturated rings. The van der Waals surface area contributed by atoms with Crippen molar-refractivity contribution >= 4 is 6.21 Å². The van der Waals surface area contributed by atoms with Crippen molar-refractivity contribution in [1.82, 2.24) is 0 Å². The van der Waals surface area contributed by atoms with Crippen molar-refractivity contribution in [2.45, 2.75) is 34.6 Å². The fourth-order valence-corrected chi connectivity index (χ4v) is 0.717. The molecule has 0 amide bonds. The van der Waals surface area contributed by atoms with Crippen LogP contribution in [0.2, 0.25) is 0 Å². The average molecular weight is 207 g/mol. The predicted molar refractivity (Wildman–Crippen MR) is 73.7 cm³/mol. The van der Waals surface area contributed by atoms with E-state index >= 15 is 0 Å². The van der Waals surface area contributed by atoms with E-state index in [1.165, 1.54) is 6.21 Å². The second-order valence-electron chi connectivity index (χ2n) is 2.26. The molecule has 0 radical (unpaired) electrons. The van der Waals surface area contributed by atoms with E-state index in [2.05, 4.69) is 19.7 Å². The van der Waals surface area contributed by atoms with Gasteiger partial charge in [-0.3, -0.25) is 0 Å². The van der Waals surface area contributed by atoms with Gasteiger partial charge in [0.15, 0.2) is 0 Å². The molecule has 0 unspecified atom stereocenters. The molecular weight excluding hydrogens is 182 g/mol. The number of allylic oxidation sites excluding steroid dienone is 5. The summed E-state index contributed by atoms with van der Waals surface area (Å²) in [5, 5.41) is 6.88. The molecule has 0 aliphatic rings. The summed E-state index contributed by atoms with van der Waals surface area (Å²) in [6.45, 7) is 21.0. The van der Waals surface area contributed by atoms with Crippen molar-refractivity contribution < 1.29 is 0 Å². The minimum Gasteiger partial charge on any atom is -0.309 e. The van der Waals surface area contributed by atoms with Crippen LogP contribution in [0.5, 0.6) is 0 Å². The van der Waals surface area contributed by atoms with Gasteiger partial charge in [0, 0.05) is 6.21 Å². The Bertz CT molecular complexity index is 232. The Kier molecular flexibility index (Phi) is 19.4. The predicted octanol–water partition coefficient (Wildman–Crippen LogP) is 4.93. The smallest absolute Gasteiger partial charge is 0.0184 e. The van der Waals surface area contributed by atoms with Gasteiger partial charge < -0.3 is 5.41 Å². The van der Waals surface area contributed by atoms with E-state index in [1.54, 1.807) is 12.2 Å². The lowest BCUT2D eigenvalue weighted by Gasteiger charge is -2.03. The van der Waals surface area contributed by atoms with Crippen LogP contribution >= 0.6 is 0 Å². The van der Waals surface area contributed by atoms with Crippen LogP contribution in [0.1, 0.15) is 34.6 Å². The highest BCUT2D eigenvalue weighted by Gasteiger charge is 1.97. The third-order valence-corrected chi connectivity index (χ3v) is 1.30. The summed E-state index contributed by atoms with van der Waals surface area (Å²) in [7, 11) is 0. The Morgan fingerprint density at radius 3 is 1.67 bits per heavy atom. The Labute approximate surface area is 95.4 Å². The first kappa shape index (κ1) is 19.2. The number of hydrogen-bond acceptors (Lipinski definition) is 1. The molecule has 0 heterocycles. The third kappa shape index (κ3) is 10.6. The molecule has 1 N–H and O–H groups in total. The Hall–Kier alpha value is -1.37. The molecule has 1 nitrogen and oxygen atoms in total. The van der Waals surface area contributed by atoms with Gasteiger partial charge >= 0.3 is 0 Å². The molecular formula is C14H25N. The van der Waals surface area contributed by atoms with Crippen molar-refractivity contribution in [1.29, 1.82) is 5.41 Å². The lowest BCUT2D eigenvalue weighted by Crippen LogP contribution is -1.86. The van der Waals surface area contributed by atoms with Gasteiger partial charge in [-0.2, -0.15) is 0 Å². The molecule has 0 aliphatic carbocycles. The summed E-state index contributed by atoms with van der Waals surface area (Å²) < 4.78 is 0. The molecule has 1 heteroatoms. The molecule has 0 aromatic heterocycles. The first-order valence-corrected chi connectivity index (χ1v) is 5.31. The summed E-state index contributed by atoms with van der Waals surface area (Å²) in [4.78, 5) is 0. The molecule has 0 atom stereocenters. The lowest BCUT2D eigenvalue weighted by atomic mass is 10.0.